The summed E-state index contributed by atoms with van der Waals surface area (Å²) >= 11 is 0. The number of rotatable bonds is 8. The van der Waals surface area contributed by atoms with Gasteiger partial charge in [-0.1, -0.05) is 66.7 Å². The summed E-state index contributed by atoms with van der Waals surface area (Å²) in [6.45, 7) is 8.37. The minimum atomic E-state index is -0.185. The summed E-state index contributed by atoms with van der Waals surface area (Å²) in [6.07, 6.45) is 1.80. The van der Waals surface area contributed by atoms with E-state index >= 15 is 0 Å². The highest BCUT2D eigenvalue weighted by Crippen LogP contribution is 2.26. The molecular formula is C36H36N6O2. The lowest BCUT2D eigenvalue weighted by molar-refractivity contribution is 0.0277. The molecule has 2 aromatic heterocycles. The van der Waals surface area contributed by atoms with Crippen LogP contribution < -0.4 is 16.2 Å². The van der Waals surface area contributed by atoms with Gasteiger partial charge in [-0.05, 0) is 60.2 Å². The second kappa shape index (κ2) is 13.6. The Hall–Kier alpha value is -4.97. The van der Waals surface area contributed by atoms with E-state index in [1.807, 2.05) is 61.2 Å². The van der Waals surface area contributed by atoms with Crippen molar-refractivity contribution in [3.05, 3.63) is 118 Å². The molecule has 8 nitrogen and oxygen atoms in total. The molecule has 2 N–H and O–H groups in total. The van der Waals surface area contributed by atoms with Crippen molar-refractivity contribution < 1.29 is 4.74 Å². The van der Waals surface area contributed by atoms with E-state index in [1.165, 1.54) is 0 Å². The Morgan fingerprint density at radius 1 is 1.02 bits per heavy atom. The van der Waals surface area contributed by atoms with E-state index in [9.17, 15) is 4.79 Å². The van der Waals surface area contributed by atoms with E-state index in [0.717, 1.165) is 59.5 Å². The monoisotopic (exact) mass is 584 g/mol. The van der Waals surface area contributed by atoms with Crippen molar-refractivity contribution in [3.63, 3.8) is 0 Å². The SMILES string of the molecule is CCN(C#Cc1cc2cnc(Nc3ccc(C4CNCCO4)cc3)nc2n(Cc2ccccc2-c2ccccc2)c1=O)CC. The Bertz CT molecular complexity index is 1850. The summed E-state index contributed by atoms with van der Waals surface area (Å²) in [5.41, 5.74) is 5.91. The van der Waals surface area contributed by atoms with Crippen LogP contribution in [0.5, 0.6) is 0 Å². The lowest BCUT2D eigenvalue weighted by Gasteiger charge is -2.24. The molecule has 3 heterocycles. The molecular weight excluding hydrogens is 548 g/mol. The van der Waals surface area contributed by atoms with Crippen molar-refractivity contribution in [2.75, 3.05) is 38.1 Å². The van der Waals surface area contributed by atoms with Gasteiger partial charge in [0.2, 0.25) is 5.95 Å². The van der Waals surface area contributed by atoms with E-state index < -0.39 is 0 Å². The first-order chi connectivity index (χ1) is 21.6. The summed E-state index contributed by atoms with van der Waals surface area (Å²) in [5.74, 6) is 3.53. The zero-order valence-corrected chi connectivity index (χ0v) is 25.1. The molecule has 0 saturated carbocycles. The molecule has 0 bridgehead atoms. The number of fused-ring (bicyclic) bond motifs is 1. The number of ether oxygens (including phenoxy) is 1. The fourth-order valence-electron chi connectivity index (χ4n) is 5.39. The molecule has 0 radical (unpaired) electrons. The van der Waals surface area contributed by atoms with E-state index in [2.05, 4.69) is 64.0 Å². The van der Waals surface area contributed by atoms with Crippen LogP contribution in [0, 0.1) is 12.0 Å². The van der Waals surface area contributed by atoms with Gasteiger partial charge < -0.3 is 20.3 Å². The highest BCUT2D eigenvalue weighted by atomic mass is 16.5. The molecule has 1 aliphatic rings. The molecule has 6 rings (SSSR count). The highest BCUT2D eigenvalue weighted by molar-refractivity contribution is 5.78. The number of benzene rings is 3. The van der Waals surface area contributed by atoms with Crippen molar-refractivity contribution >= 4 is 22.7 Å². The minimum absolute atomic E-state index is 0.0435. The number of morpholine rings is 1. The first-order valence-electron chi connectivity index (χ1n) is 15.1. The molecule has 1 saturated heterocycles. The fraction of sp³-hybridized carbons (Fsp3) is 0.250. The van der Waals surface area contributed by atoms with Gasteiger partial charge >= 0.3 is 0 Å². The molecule has 3 aromatic carbocycles. The second-order valence-corrected chi connectivity index (χ2v) is 10.7. The van der Waals surface area contributed by atoms with Crippen LogP contribution in [0.15, 0.2) is 95.9 Å². The Labute approximate surface area is 257 Å². The molecule has 5 aromatic rings. The largest absolute Gasteiger partial charge is 0.371 e. The third kappa shape index (κ3) is 6.50. The number of aromatic nitrogens is 3. The standard InChI is InChI=1S/C36H36N6O2/c1-3-41(4-2)20-18-28-22-30-23-38-36(39-31-16-14-27(15-17-31)33-24-37-19-21-44-33)40-34(30)42(35(28)43)25-29-12-8-9-13-32(29)26-10-6-5-7-11-26/h5-17,22-23,33,37H,3-4,19,21,24-25H2,1-2H3,(H,38,39,40). The van der Waals surface area contributed by atoms with Gasteiger partial charge in [-0.2, -0.15) is 4.98 Å². The summed E-state index contributed by atoms with van der Waals surface area (Å²) < 4.78 is 7.60. The average molecular weight is 585 g/mol. The van der Waals surface area contributed by atoms with Gasteiger partial charge in [0, 0.05) is 49.5 Å². The topological polar surface area (TPSA) is 84.3 Å². The van der Waals surface area contributed by atoms with Crippen LogP contribution in [0.2, 0.25) is 0 Å². The molecule has 1 atom stereocenters. The molecule has 1 fully saturated rings. The zero-order valence-electron chi connectivity index (χ0n) is 25.1. The third-order valence-corrected chi connectivity index (χ3v) is 7.84. The molecule has 44 heavy (non-hydrogen) atoms. The summed E-state index contributed by atoms with van der Waals surface area (Å²) in [4.78, 5) is 25.5. The van der Waals surface area contributed by atoms with Gasteiger partial charge in [0.1, 0.15) is 5.65 Å². The normalized spacial score (nSPS) is 14.5. The lowest BCUT2D eigenvalue weighted by atomic mass is 9.99. The van der Waals surface area contributed by atoms with E-state index in [4.69, 9.17) is 9.72 Å². The smallest absolute Gasteiger partial charge is 0.268 e. The molecule has 0 spiro atoms. The Morgan fingerprint density at radius 3 is 2.55 bits per heavy atom. The quantitative estimate of drug-likeness (QED) is 0.182. The molecule has 8 heteroatoms. The van der Waals surface area contributed by atoms with Crippen LogP contribution in [0.25, 0.3) is 22.2 Å². The summed E-state index contributed by atoms with van der Waals surface area (Å²) in [7, 11) is 0. The number of anilines is 2. The molecule has 0 amide bonds. The maximum absolute atomic E-state index is 14.0. The maximum Gasteiger partial charge on any atom is 0.268 e. The molecule has 1 aliphatic heterocycles. The average Bonchev–Trinajstić information content (AvgIpc) is 3.08. The Morgan fingerprint density at radius 2 is 1.80 bits per heavy atom. The second-order valence-electron chi connectivity index (χ2n) is 10.7. The van der Waals surface area contributed by atoms with Crippen LogP contribution in [0.3, 0.4) is 0 Å². The maximum atomic E-state index is 14.0. The van der Waals surface area contributed by atoms with Crippen LogP contribution in [-0.4, -0.2) is 52.2 Å². The van der Waals surface area contributed by atoms with E-state index in [0.29, 0.717) is 30.3 Å². The Balaban J connectivity index is 1.39. The van der Waals surface area contributed by atoms with Crippen molar-refractivity contribution in [3.8, 4) is 23.1 Å². The van der Waals surface area contributed by atoms with Crippen molar-refractivity contribution in [2.45, 2.75) is 26.5 Å². The zero-order chi connectivity index (χ0) is 30.3. The highest BCUT2D eigenvalue weighted by Gasteiger charge is 2.16. The third-order valence-electron chi connectivity index (χ3n) is 7.84. The van der Waals surface area contributed by atoms with E-state index in [-0.39, 0.29) is 11.7 Å². The fourth-order valence-corrected chi connectivity index (χ4v) is 5.39. The molecule has 222 valence electrons. The van der Waals surface area contributed by atoms with Crippen LogP contribution >= 0.6 is 0 Å². The van der Waals surface area contributed by atoms with Crippen LogP contribution in [-0.2, 0) is 11.3 Å². The van der Waals surface area contributed by atoms with Gasteiger partial charge in [0.25, 0.3) is 5.56 Å². The first-order valence-corrected chi connectivity index (χ1v) is 15.1. The van der Waals surface area contributed by atoms with Crippen molar-refractivity contribution in [2.24, 2.45) is 0 Å². The van der Waals surface area contributed by atoms with Gasteiger partial charge in [0.05, 0.1) is 24.8 Å². The molecule has 0 aliphatic carbocycles. The predicted molar refractivity (Wildman–Crippen MR) is 176 cm³/mol. The number of nitrogens with one attached hydrogen (secondary N) is 2. The lowest BCUT2D eigenvalue weighted by Crippen LogP contribution is -2.33. The number of pyridine rings is 1. The Kier molecular flexibility index (Phi) is 8.97. The van der Waals surface area contributed by atoms with Crippen molar-refractivity contribution in [1.82, 2.24) is 24.8 Å². The van der Waals surface area contributed by atoms with Gasteiger partial charge in [0.15, 0.2) is 0 Å². The van der Waals surface area contributed by atoms with Gasteiger partial charge in [-0.3, -0.25) is 9.36 Å². The summed E-state index contributed by atoms with van der Waals surface area (Å²) in [6, 6.07) is 31.4. The number of nitrogens with zero attached hydrogens (tertiary/aromatic N) is 4. The van der Waals surface area contributed by atoms with E-state index in [1.54, 1.807) is 16.8 Å². The molecule has 1 unspecified atom stereocenters. The minimum Gasteiger partial charge on any atom is -0.371 e. The van der Waals surface area contributed by atoms with Gasteiger partial charge in [-0.15, -0.1) is 0 Å². The van der Waals surface area contributed by atoms with Crippen LogP contribution in [0.1, 0.15) is 36.6 Å². The van der Waals surface area contributed by atoms with Crippen molar-refractivity contribution in [1.29, 1.82) is 0 Å². The van der Waals surface area contributed by atoms with Gasteiger partial charge in [-0.25, -0.2) is 4.98 Å². The predicted octanol–water partition coefficient (Wildman–Crippen LogP) is 5.56. The number of hydrogen-bond donors (Lipinski definition) is 2. The number of hydrogen-bond acceptors (Lipinski definition) is 7. The van der Waals surface area contributed by atoms with Crippen LogP contribution in [0.4, 0.5) is 11.6 Å². The summed E-state index contributed by atoms with van der Waals surface area (Å²) in [5, 5.41) is 7.43. The first kappa shape index (κ1) is 29.1.